The summed E-state index contributed by atoms with van der Waals surface area (Å²) >= 11 is 3.45. The van der Waals surface area contributed by atoms with Crippen LogP contribution in [0.1, 0.15) is 36.3 Å². The Hall–Kier alpha value is -3.73. The molecule has 0 radical (unpaired) electrons. The van der Waals surface area contributed by atoms with E-state index in [2.05, 4.69) is 34.1 Å². The Morgan fingerprint density at radius 3 is 2.62 bits per heavy atom. The van der Waals surface area contributed by atoms with E-state index in [0.29, 0.717) is 11.5 Å². The van der Waals surface area contributed by atoms with Gasteiger partial charge >= 0.3 is 0 Å². The number of benzene rings is 2. The first-order valence-corrected chi connectivity index (χ1v) is 11.8. The Labute approximate surface area is 207 Å². The molecule has 170 valence electrons. The summed E-state index contributed by atoms with van der Waals surface area (Å²) in [5.74, 6) is 0.685. The fourth-order valence-corrected chi connectivity index (χ4v) is 5.45. The highest BCUT2D eigenvalue weighted by molar-refractivity contribution is 9.10. The predicted molar refractivity (Wildman–Crippen MR) is 130 cm³/mol. The molecule has 0 bridgehead atoms. The number of methoxy groups -OCH3 is 1. The highest BCUT2D eigenvalue weighted by Crippen LogP contribution is 2.56. The largest absolute Gasteiger partial charge is 0.496 e. The summed E-state index contributed by atoms with van der Waals surface area (Å²) in [7, 11) is 1.59. The lowest BCUT2D eigenvalue weighted by molar-refractivity contribution is 0.293. The van der Waals surface area contributed by atoms with Gasteiger partial charge < -0.3 is 15.2 Å². The van der Waals surface area contributed by atoms with Gasteiger partial charge in [-0.3, -0.25) is 0 Å². The topological polar surface area (TPSA) is 116 Å². The van der Waals surface area contributed by atoms with Crippen molar-refractivity contribution in [3.63, 3.8) is 0 Å². The Bertz CT molecular complexity index is 1300. The van der Waals surface area contributed by atoms with Crippen molar-refractivity contribution in [2.45, 2.75) is 31.8 Å². The molecule has 0 amide bonds. The predicted octanol–water partition coefficient (Wildman–Crippen LogP) is 5.63. The zero-order chi connectivity index (χ0) is 24.3. The molecule has 2 aliphatic carbocycles. The summed E-state index contributed by atoms with van der Waals surface area (Å²) in [4.78, 5) is 0. The molecule has 0 saturated heterocycles. The van der Waals surface area contributed by atoms with E-state index in [0.717, 1.165) is 40.4 Å². The molecule has 0 aromatic heterocycles. The number of hydrogen-bond acceptors (Lipinski definition) is 6. The zero-order valence-corrected chi connectivity index (χ0v) is 20.3. The molecule has 2 aliphatic rings. The van der Waals surface area contributed by atoms with Crippen LogP contribution < -0.4 is 15.2 Å². The standard InChI is InChI=1S/C27H23BrN4O2/c1-33-24-10-9-17(11-18(24)14-34-20-6-4-5-19(28)12-20)25-22-8-3-2-7-21(22)23(13-29)26(32)27(25,15-30)16-31/h4-7,9-12,22,25H,2-3,8,14,32H2,1H3. The van der Waals surface area contributed by atoms with Gasteiger partial charge in [0.1, 0.15) is 24.2 Å². The van der Waals surface area contributed by atoms with Gasteiger partial charge in [0.15, 0.2) is 5.41 Å². The van der Waals surface area contributed by atoms with Crippen LogP contribution in [0.3, 0.4) is 0 Å². The molecule has 34 heavy (non-hydrogen) atoms. The molecule has 2 aromatic carbocycles. The molecule has 4 rings (SSSR count). The van der Waals surface area contributed by atoms with Gasteiger partial charge in [-0.25, -0.2) is 0 Å². The van der Waals surface area contributed by atoms with Crippen molar-refractivity contribution < 1.29 is 9.47 Å². The number of hydrogen-bond donors (Lipinski definition) is 1. The van der Waals surface area contributed by atoms with Crippen molar-refractivity contribution in [2.75, 3.05) is 7.11 Å². The Balaban J connectivity index is 1.81. The van der Waals surface area contributed by atoms with E-state index in [9.17, 15) is 15.8 Å². The molecule has 0 fully saturated rings. The van der Waals surface area contributed by atoms with E-state index in [1.165, 1.54) is 0 Å². The molecule has 2 atom stereocenters. The summed E-state index contributed by atoms with van der Waals surface area (Å²) in [5.41, 5.74) is 7.50. The van der Waals surface area contributed by atoms with Crippen LogP contribution in [-0.4, -0.2) is 7.11 Å². The van der Waals surface area contributed by atoms with Crippen LogP contribution in [0, 0.1) is 45.3 Å². The third kappa shape index (κ3) is 3.92. The average Bonchev–Trinajstić information content (AvgIpc) is 2.87. The second-order valence-electron chi connectivity index (χ2n) is 8.42. The van der Waals surface area contributed by atoms with E-state index < -0.39 is 11.3 Å². The molecular formula is C27H23BrN4O2. The lowest BCUT2D eigenvalue weighted by Gasteiger charge is -2.43. The van der Waals surface area contributed by atoms with E-state index in [-0.39, 0.29) is 23.8 Å². The van der Waals surface area contributed by atoms with Gasteiger partial charge in [-0.05, 0) is 66.6 Å². The smallest absolute Gasteiger partial charge is 0.191 e. The minimum Gasteiger partial charge on any atom is -0.496 e. The Kier molecular flexibility index (Phi) is 6.64. The van der Waals surface area contributed by atoms with Gasteiger partial charge in [0.05, 0.1) is 30.5 Å². The molecule has 0 heterocycles. The molecule has 2 aromatic rings. The number of fused-ring (bicyclic) bond motifs is 1. The molecule has 0 saturated carbocycles. The maximum Gasteiger partial charge on any atom is 0.191 e. The van der Waals surface area contributed by atoms with Crippen LogP contribution in [0.5, 0.6) is 11.5 Å². The van der Waals surface area contributed by atoms with Crippen LogP contribution in [0.4, 0.5) is 0 Å². The van der Waals surface area contributed by atoms with Crippen molar-refractivity contribution in [2.24, 2.45) is 17.1 Å². The van der Waals surface area contributed by atoms with E-state index in [1.807, 2.05) is 48.5 Å². The Morgan fingerprint density at radius 1 is 1.15 bits per heavy atom. The normalized spacial score (nSPS) is 20.7. The summed E-state index contributed by atoms with van der Waals surface area (Å²) < 4.78 is 12.5. The van der Waals surface area contributed by atoms with E-state index >= 15 is 0 Å². The van der Waals surface area contributed by atoms with Gasteiger partial charge in [-0.2, -0.15) is 15.8 Å². The van der Waals surface area contributed by atoms with Crippen LogP contribution in [0.15, 0.2) is 69.9 Å². The lowest BCUT2D eigenvalue weighted by Crippen LogP contribution is -2.42. The minimum absolute atomic E-state index is 0.0390. The maximum atomic E-state index is 10.2. The van der Waals surface area contributed by atoms with Crippen LogP contribution in [0.25, 0.3) is 0 Å². The van der Waals surface area contributed by atoms with Gasteiger partial charge in [0.2, 0.25) is 0 Å². The second-order valence-corrected chi connectivity index (χ2v) is 9.34. The monoisotopic (exact) mass is 514 g/mol. The average molecular weight is 515 g/mol. The second kappa shape index (κ2) is 9.64. The zero-order valence-electron chi connectivity index (χ0n) is 18.7. The fourth-order valence-electron chi connectivity index (χ4n) is 5.07. The summed E-state index contributed by atoms with van der Waals surface area (Å²) in [6.45, 7) is 0.244. The van der Waals surface area contributed by atoms with E-state index in [4.69, 9.17) is 15.2 Å². The van der Waals surface area contributed by atoms with Crippen molar-refractivity contribution >= 4 is 15.9 Å². The first-order valence-electron chi connectivity index (χ1n) is 11.0. The van der Waals surface area contributed by atoms with Crippen molar-refractivity contribution in [1.82, 2.24) is 0 Å². The lowest BCUT2D eigenvalue weighted by atomic mass is 9.56. The van der Waals surface area contributed by atoms with Crippen molar-refractivity contribution in [3.8, 4) is 29.7 Å². The van der Waals surface area contributed by atoms with Gasteiger partial charge in [0.25, 0.3) is 0 Å². The molecule has 7 heteroatoms. The van der Waals surface area contributed by atoms with Crippen LogP contribution >= 0.6 is 15.9 Å². The van der Waals surface area contributed by atoms with Gasteiger partial charge in [0, 0.05) is 16.0 Å². The molecule has 0 aliphatic heterocycles. The summed E-state index contributed by atoms with van der Waals surface area (Å²) in [6, 6.07) is 19.7. The highest BCUT2D eigenvalue weighted by atomic mass is 79.9. The van der Waals surface area contributed by atoms with Crippen molar-refractivity contribution in [3.05, 3.63) is 81.0 Å². The third-order valence-electron chi connectivity index (χ3n) is 6.65. The molecule has 6 nitrogen and oxygen atoms in total. The quantitative estimate of drug-likeness (QED) is 0.552. The maximum absolute atomic E-state index is 10.2. The first-order chi connectivity index (χ1) is 16.5. The van der Waals surface area contributed by atoms with Crippen LogP contribution in [0.2, 0.25) is 0 Å². The number of nitrogens with two attached hydrogens (primary N) is 1. The molecule has 2 unspecified atom stereocenters. The number of nitrogens with zero attached hydrogens (tertiary/aromatic N) is 3. The number of rotatable bonds is 5. The Morgan fingerprint density at radius 2 is 1.94 bits per heavy atom. The minimum atomic E-state index is -1.64. The number of allylic oxidation sites excluding steroid dienone is 4. The molecule has 0 spiro atoms. The van der Waals surface area contributed by atoms with E-state index in [1.54, 1.807) is 7.11 Å². The first kappa shape index (κ1) is 23.4. The van der Waals surface area contributed by atoms with Crippen LogP contribution in [-0.2, 0) is 6.61 Å². The highest BCUT2D eigenvalue weighted by Gasteiger charge is 2.53. The van der Waals surface area contributed by atoms with Gasteiger partial charge in [-0.15, -0.1) is 0 Å². The third-order valence-corrected chi connectivity index (χ3v) is 7.15. The summed E-state index contributed by atoms with van der Waals surface area (Å²) in [6.07, 6.45) is 4.57. The number of ether oxygens (including phenoxy) is 2. The molecule has 2 N–H and O–H groups in total. The molecular weight excluding hydrogens is 492 g/mol. The summed E-state index contributed by atoms with van der Waals surface area (Å²) in [5, 5.41) is 30.3. The number of halogens is 1. The van der Waals surface area contributed by atoms with Gasteiger partial charge in [-0.1, -0.05) is 34.1 Å². The van der Waals surface area contributed by atoms with Crippen molar-refractivity contribution in [1.29, 1.82) is 15.8 Å². The fraction of sp³-hybridized carbons (Fsp3) is 0.296. The SMILES string of the molecule is COc1ccc(C2C3CCCC=C3C(C#N)=C(N)C2(C#N)C#N)cc1COc1cccc(Br)c1. The number of nitriles is 3.